The summed E-state index contributed by atoms with van der Waals surface area (Å²) in [6.07, 6.45) is 0. The second-order valence-electron chi connectivity index (χ2n) is 5.57. The van der Waals surface area contributed by atoms with Gasteiger partial charge in [0.05, 0.1) is 16.9 Å². The molecule has 0 aliphatic carbocycles. The first kappa shape index (κ1) is 16.3. The van der Waals surface area contributed by atoms with Crippen LogP contribution in [0.4, 0.5) is 5.69 Å². The number of benzene rings is 1. The van der Waals surface area contributed by atoms with Gasteiger partial charge >= 0.3 is 0 Å². The van der Waals surface area contributed by atoms with Crippen LogP contribution in [-0.4, -0.2) is 32.5 Å². The Kier molecular flexibility index (Phi) is 4.15. The Morgan fingerprint density at radius 1 is 1.27 bits per heavy atom. The van der Waals surface area contributed by atoms with Crippen LogP contribution >= 0.6 is 11.8 Å². The fourth-order valence-corrected chi connectivity index (χ4v) is 4.20. The third-order valence-corrected chi connectivity index (χ3v) is 5.13. The van der Waals surface area contributed by atoms with Gasteiger partial charge in [0.2, 0.25) is 5.91 Å². The van der Waals surface area contributed by atoms with Crippen LogP contribution in [0, 0.1) is 10.1 Å². The van der Waals surface area contributed by atoms with E-state index in [1.165, 1.54) is 35.7 Å². The van der Waals surface area contributed by atoms with Gasteiger partial charge in [-0.05, 0) is 31.5 Å². The van der Waals surface area contributed by atoms with E-state index in [1.807, 2.05) is 0 Å². The molecule has 0 aromatic heterocycles. The first-order chi connectivity index (χ1) is 10.1. The van der Waals surface area contributed by atoms with E-state index in [-0.39, 0.29) is 11.6 Å². The van der Waals surface area contributed by atoms with Gasteiger partial charge in [0.15, 0.2) is 0 Å². The van der Waals surface area contributed by atoms with Crippen molar-refractivity contribution in [3.05, 3.63) is 39.9 Å². The van der Waals surface area contributed by atoms with E-state index in [0.29, 0.717) is 5.56 Å². The Bertz CT molecular complexity index is 629. The number of hydrogen-bond acceptors (Lipinski definition) is 6. The maximum Gasteiger partial charge on any atom is 0.269 e. The summed E-state index contributed by atoms with van der Waals surface area (Å²) in [5.41, 5.74) is 0.583. The molecule has 1 aromatic carbocycles. The monoisotopic (exact) mass is 323 g/mol. The summed E-state index contributed by atoms with van der Waals surface area (Å²) >= 11 is 1.32. The summed E-state index contributed by atoms with van der Waals surface area (Å²) in [7, 11) is 0. The number of nitrogens with zero attached hydrogens (tertiary/aromatic N) is 2. The molecule has 8 heteroatoms. The molecule has 1 heterocycles. The van der Waals surface area contributed by atoms with E-state index >= 15 is 0 Å². The molecule has 1 saturated heterocycles. The minimum atomic E-state index is -1.31. The summed E-state index contributed by atoms with van der Waals surface area (Å²) in [5, 5.41) is 21.6. The van der Waals surface area contributed by atoms with Crippen LogP contribution in [0.15, 0.2) is 24.3 Å². The maximum absolute atomic E-state index is 11.9. The molecule has 118 valence electrons. The highest BCUT2D eigenvalue weighted by atomic mass is 32.2. The summed E-state index contributed by atoms with van der Waals surface area (Å²) in [6, 6.07) is 4.70. The smallest absolute Gasteiger partial charge is 0.269 e. The largest absolute Gasteiger partial charge is 0.548 e. The van der Waals surface area contributed by atoms with Crippen LogP contribution < -0.4 is 5.11 Å². The van der Waals surface area contributed by atoms with Gasteiger partial charge in [-0.3, -0.25) is 14.9 Å². The molecule has 2 rings (SSSR count). The number of rotatable bonds is 3. The standard InChI is InChI=1S/C14H16N2O5S/c1-8(17)15-11(13(18)19)14(2,3)22-12(15)9-4-6-10(7-5-9)16(20)21/h4-7,11-12H,1-3H3,(H,18,19)/p-1/t11-,12+/m0/s1. The van der Waals surface area contributed by atoms with E-state index in [0.717, 1.165) is 0 Å². The zero-order valence-corrected chi connectivity index (χ0v) is 13.1. The van der Waals surface area contributed by atoms with E-state index in [2.05, 4.69) is 0 Å². The van der Waals surface area contributed by atoms with Gasteiger partial charge in [0.1, 0.15) is 5.37 Å². The number of aliphatic carboxylic acids is 1. The lowest BCUT2D eigenvalue weighted by molar-refractivity contribution is -0.384. The van der Waals surface area contributed by atoms with Crippen molar-refractivity contribution in [1.82, 2.24) is 4.90 Å². The molecule has 0 saturated carbocycles. The number of non-ortho nitro benzene ring substituents is 1. The van der Waals surface area contributed by atoms with Crippen molar-refractivity contribution in [3.63, 3.8) is 0 Å². The zero-order valence-electron chi connectivity index (χ0n) is 12.3. The third-order valence-electron chi connectivity index (χ3n) is 3.58. The Morgan fingerprint density at radius 2 is 1.82 bits per heavy atom. The first-order valence-corrected chi connectivity index (χ1v) is 7.45. The van der Waals surface area contributed by atoms with Crippen molar-refractivity contribution < 1.29 is 19.6 Å². The predicted molar refractivity (Wildman–Crippen MR) is 78.8 cm³/mol. The Labute approximate surface area is 131 Å². The van der Waals surface area contributed by atoms with E-state index in [4.69, 9.17) is 0 Å². The summed E-state index contributed by atoms with van der Waals surface area (Å²) in [6.45, 7) is 4.77. The van der Waals surface area contributed by atoms with Gasteiger partial charge in [-0.2, -0.15) is 0 Å². The molecule has 0 unspecified atom stereocenters. The van der Waals surface area contributed by atoms with Crippen molar-refractivity contribution in [1.29, 1.82) is 0 Å². The van der Waals surface area contributed by atoms with Crippen molar-refractivity contribution in [2.45, 2.75) is 36.9 Å². The number of amides is 1. The van der Waals surface area contributed by atoms with Crippen molar-refractivity contribution in [2.24, 2.45) is 0 Å². The van der Waals surface area contributed by atoms with Gasteiger partial charge < -0.3 is 14.8 Å². The highest BCUT2D eigenvalue weighted by Gasteiger charge is 2.49. The molecule has 1 amide bonds. The van der Waals surface area contributed by atoms with E-state index in [1.54, 1.807) is 26.0 Å². The van der Waals surface area contributed by atoms with Gasteiger partial charge in [-0.15, -0.1) is 11.8 Å². The lowest BCUT2D eigenvalue weighted by Crippen LogP contribution is -2.54. The molecule has 22 heavy (non-hydrogen) atoms. The van der Waals surface area contributed by atoms with Gasteiger partial charge in [-0.25, -0.2) is 0 Å². The zero-order chi connectivity index (χ0) is 16.7. The van der Waals surface area contributed by atoms with E-state index in [9.17, 15) is 24.8 Å². The summed E-state index contributed by atoms with van der Waals surface area (Å²) < 4.78 is -0.725. The van der Waals surface area contributed by atoms with Gasteiger partial charge in [0.25, 0.3) is 5.69 Å². The summed E-state index contributed by atoms with van der Waals surface area (Å²) in [5.74, 6) is -1.69. The van der Waals surface area contributed by atoms with Crippen LogP contribution in [-0.2, 0) is 9.59 Å². The highest BCUT2D eigenvalue weighted by Crippen LogP contribution is 2.52. The number of nitro groups is 1. The van der Waals surface area contributed by atoms with Crippen molar-refractivity contribution >= 4 is 29.3 Å². The second-order valence-corrected chi connectivity index (χ2v) is 7.30. The number of carboxylic acids is 1. The minimum absolute atomic E-state index is 0.0585. The number of carbonyl (C=O) groups excluding carboxylic acids is 2. The fraction of sp³-hybridized carbons (Fsp3) is 0.429. The van der Waals surface area contributed by atoms with Gasteiger partial charge in [-0.1, -0.05) is 0 Å². The van der Waals surface area contributed by atoms with E-state index < -0.39 is 27.1 Å². The first-order valence-electron chi connectivity index (χ1n) is 6.57. The number of carbonyl (C=O) groups is 2. The molecule has 2 atom stereocenters. The normalized spacial score (nSPS) is 23.3. The average Bonchev–Trinajstić information content (AvgIpc) is 2.70. The third kappa shape index (κ3) is 2.78. The second kappa shape index (κ2) is 5.60. The molecule has 0 N–H and O–H groups in total. The average molecular weight is 323 g/mol. The molecule has 1 fully saturated rings. The summed E-state index contributed by atoms with van der Waals surface area (Å²) in [4.78, 5) is 34.8. The fourth-order valence-electron chi connectivity index (χ4n) is 2.61. The van der Waals surface area contributed by atoms with Crippen LogP contribution in [0.5, 0.6) is 0 Å². The quantitative estimate of drug-likeness (QED) is 0.609. The Morgan fingerprint density at radius 3 is 2.23 bits per heavy atom. The van der Waals surface area contributed by atoms with Crippen LogP contribution in [0.3, 0.4) is 0 Å². The molecule has 1 aromatic rings. The topological polar surface area (TPSA) is 104 Å². The molecule has 0 radical (unpaired) electrons. The minimum Gasteiger partial charge on any atom is -0.548 e. The Balaban J connectivity index is 2.43. The van der Waals surface area contributed by atoms with Crippen molar-refractivity contribution in [3.8, 4) is 0 Å². The van der Waals surface area contributed by atoms with Crippen LogP contribution in [0.25, 0.3) is 0 Å². The molecule has 7 nitrogen and oxygen atoms in total. The number of nitro benzene ring substituents is 1. The molecule has 0 bridgehead atoms. The molecular weight excluding hydrogens is 308 g/mol. The van der Waals surface area contributed by atoms with Gasteiger partial charge in [0, 0.05) is 23.8 Å². The number of carboxylic acid groups (broad SMARTS) is 1. The predicted octanol–water partition coefficient (Wildman–Crippen LogP) is 1.09. The molecule has 0 spiro atoms. The van der Waals surface area contributed by atoms with Crippen LogP contribution in [0.1, 0.15) is 31.7 Å². The molecular formula is C14H15N2O5S-. The number of thioether (sulfide) groups is 1. The molecule has 1 aliphatic rings. The highest BCUT2D eigenvalue weighted by molar-refractivity contribution is 8.01. The Hall–Kier alpha value is -2.09. The maximum atomic E-state index is 11.9. The molecule has 1 aliphatic heterocycles. The van der Waals surface area contributed by atoms with Crippen LogP contribution in [0.2, 0.25) is 0 Å². The number of hydrogen-bond donors (Lipinski definition) is 0. The lowest BCUT2D eigenvalue weighted by Gasteiger charge is -2.32. The lowest BCUT2D eigenvalue weighted by atomic mass is 10.0. The SMILES string of the molecule is CC(=O)N1[C@@H](c2ccc([N+](=O)[O-])cc2)SC(C)(C)[C@@H]1C(=O)[O-]. The van der Waals surface area contributed by atoms with Crippen molar-refractivity contribution in [2.75, 3.05) is 0 Å².